The van der Waals surface area contributed by atoms with Crippen molar-refractivity contribution in [3.8, 4) is 11.8 Å². The molecule has 0 aromatic heterocycles. The van der Waals surface area contributed by atoms with E-state index in [2.05, 4.69) is 34.4 Å². The molecule has 0 amide bonds. The lowest BCUT2D eigenvalue weighted by molar-refractivity contribution is 0.238. The summed E-state index contributed by atoms with van der Waals surface area (Å²) in [6, 6.07) is 0. The number of aliphatic hydroxyl groups excluding tert-OH is 1. The van der Waals surface area contributed by atoms with E-state index in [1.807, 2.05) is 0 Å². The highest BCUT2D eigenvalue weighted by molar-refractivity contribution is 14.1. The van der Waals surface area contributed by atoms with Crippen LogP contribution >= 0.6 is 22.6 Å². The standard InChI is InChI=1S/C12H19IO/c13-9-3-7-11-5-1-2-6-12(11)8-4-10-14/h11-12,14H,3-10H2/t11?,12-/m0/s1. The molecule has 0 heterocycles. The summed E-state index contributed by atoms with van der Waals surface area (Å²) in [7, 11) is 0. The first-order valence-electron chi connectivity index (χ1n) is 5.51. The molecule has 80 valence electrons. The zero-order valence-electron chi connectivity index (χ0n) is 8.64. The van der Waals surface area contributed by atoms with E-state index in [1.165, 1.54) is 17.3 Å². The average Bonchev–Trinajstić information content (AvgIpc) is 2.24. The minimum Gasteiger partial charge on any atom is -0.396 e. The Hall–Kier alpha value is 0.250. The lowest BCUT2D eigenvalue weighted by Crippen LogP contribution is -2.17. The summed E-state index contributed by atoms with van der Waals surface area (Å²) in [5.74, 6) is 8.01. The second kappa shape index (κ2) is 7.53. The molecule has 1 aliphatic rings. The van der Waals surface area contributed by atoms with Crippen LogP contribution in [0.4, 0.5) is 0 Å². The fourth-order valence-corrected chi connectivity index (χ4v) is 2.55. The Labute approximate surface area is 101 Å². The van der Waals surface area contributed by atoms with Crippen molar-refractivity contribution in [2.45, 2.75) is 38.5 Å². The minimum atomic E-state index is 0.336. The Kier molecular flexibility index (Phi) is 6.63. The first-order valence-corrected chi connectivity index (χ1v) is 7.03. The van der Waals surface area contributed by atoms with E-state index in [1.54, 1.807) is 0 Å². The summed E-state index contributed by atoms with van der Waals surface area (Å²) in [6.07, 6.45) is 6.92. The molecule has 1 nitrogen and oxygen atoms in total. The molecule has 0 radical (unpaired) electrons. The second-order valence-electron chi connectivity index (χ2n) is 3.98. The van der Waals surface area contributed by atoms with Gasteiger partial charge in [0.25, 0.3) is 0 Å². The lowest BCUT2D eigenvalue weighted by Gasteiger charge is -2.26. The van der Waals surface area contributed by atoms with Gasteiger partial charge in [-0.1, -0.05) is 22.6 Å². The van der Waals surface area contributed by atoms with Crippen LogP contribution in [0.5, 0.6) is 0 Å². The molecule has 0 saturated carbocycles. The molecule has 2 heteroatoms. The Morgan fingerprint density at radius 3 is 2.14 bits per heavy atom. The maximum absolute atomic E-state index is 8.82. The molecule has 0 fully saturated rings. The highest BCUT2D eigenvalue weighted by Gasteiger charge is 2.21. The van der Waals surface area contributed by atoms with E-state index < -0.39 is 0 Å². The highest BCUT2D eigenvalue weighted by Crippen LogP contribution is 2.30. The zero-order chi connectivity index (χ0) is 10.2. The number of hydrogen-bond donors (Lipinski definition) is 1. The summed E-state index contributed by atoms with van der Waals surface area (Å²) in [6.45, 7) is 0.336. The van der Waals surface area contributed by atoms with Crippen LogP contribution in [0.1, 0.15) is 38.5 Å². The molecular weight excluding hydrogens is 287 g/mol. The molecule has 1 N–H and O–H groups in total. The van der Waals surface area contributed by atoms with Gasteiger partial charge < -0.3 is 5.11 Å². The third-order valence-electron chi connectivity index (χ3n) is 2.96. The van der Waals surface area contributed by atoms with Gasteiger partial charge in [-0.15, -0.1) is 11.8 Å². The molecular formula is C12H19IO. The van der Waals surface area contributed by atoms with Gasteiger partial charge in [0.05, 0.1) is 0 Å². The van der Waals surface area contributed by atoms with Gasteiger partial charge in [-0.2, -0.15) is 0 Å². The number of rotatable bonds is 6. The van der Waals surface area contributed by atoms with Gasteiger partial charge in [-0.25, -0.2) is 0 Å². The molecule has 2 atom stereocenters. The van der Waals surface area contributed by atoms with Crippen LogP contribution in [0.2, 0.25) is 0 Å². The molecule has 1 aliphatic carbocycles. The predicted molar refractivity (Wildman–Crippen MR) is 68.4 cm³/mol. The smallest absolute Gasteiger partial charge is 0.0431 e. The number of alkyl halides is 1. The fraction of sp³-hybridized carbons (Fsp3) is 0.833. The lowest BCUT2D eigenvalue weighted by atomic mass is 9.79. The predicted octanol–water partition coefficient (Wildman–Crippen LogP) is 3.00. The van der Waals surface area contributed by atoms with E-state index in [4.69, 9.17) is 5.11 Å². The minimum absolute atomic E-state index is 0.336. The van der Waals surface area contributed by atoms with Crippen molar-refractivity contribution >= 4 is 22.6 Å². The van der Waals surface area contributed by atoms with E-state index in [9.17, 15) is 0 Å². The van der Waals surface area contributed by atoms with Gasteiger partial charge in [0.1, 0.15) is 0 Å². The molecule has 0 bridgehead atoms. The van der Waals surface area contributed by atoms with Gasteiger partial charge in [-0.05, 0) is 41.9 Å². The van der Waals surface area contributed by atoms with Gasteiger partial charge in [0.15, 0.2) is 0 Å². The SMILES string of the molecule is OCCC[C@@H]1CC#CCC1CCCI. The van der Waals surface area contributed by atoms with Crippen molar-refractivity contribution in [3.63, 3.8) is 0 Å². The molecule has 1 unspecified atom stereocenters. The van der Waals surface area contributed by atoms with E-state index in [0.717, 1.165) is 37.5 Å². The van der Waals surface area contributed by atoms with Crippen molar-refractivity contribution in [2.24, 2.45) is 11.8 Å². The largest absolute Gasteiger partial charge is 0.396 e. The van der Waals surface area contributed by atoms with Crippen LogP contribution in [0.15, 0.2) is 0 Å². The Morgan fingerprint density at radius 2 is 1.64 bits per heavy atom. The summed E-state index contributed by atoms with van der Waals surface area (Å²) in [4.78, 5) is 0. The van der Waals surface area contributed by atoms with Crippen molar-refractivity contribution in [1.82, 2.24) is 0 Å². The van der Waals surface area contributed by atoms with Gasteiger partial charge in [0, 0.05) is 19.4 Å². The van der Waals surface area contributed by atoms with Crippen LogP contribution in [-0.2, 0) is 0 Å². The summed E-state index contributed by atoms with van der Waals surface area (Å²) in [5.41, 5.74) is 0. The zero-order valence-corrected chi connectivity index (χ0v) is 10.8. The van der Waals surface area contributed by atoms with Gasteiger partial charge in [-0.3, -0.25) is 0 Å². The Balaban J connectivity index is 2.33. The molecule has 0 aliphatic heterocycles. The molecule has 0 saturated heterocycles. The molecule has 0 aromatic rings. The first kappa shape index (κ1) is 12.3. The van der Waals surface area contributed by atoms with Crippen molar-refractivity contribution in [3.05, 3.63) is 0 Å². The van der Waals surface area contributed by atoms with Crippen LogP contribution in [-0.4, -0.2) is 16.1 Å². The topological polar surface area (TPSA) is 20.2 Å². The fourth-order valence-electron chi connectivity index (χ4n) is 2.11. The molecule has 14 heavy (non-hydrogen) atoms. The average molecular weight is 306 g/mol. The molecule has 0 aromatic carbocycles. The third-order valence-corrected chi connectivity index (χ3v) is 3.72. The Bertz CT molecular complexity index is 184. The maximum Gasteiger partial charge on any atom is 0.0431 e. The summed E-state index contributed by atoms with van der Waals surface area (Å²) in [5, 5.41) is 8.82. The second-order valence-corrected chi connectivity index (χ2v) is 5.06. The number of aliphatic hydroxyl groups is 1. The molecule has 0 spiro atoms. The van der Waals surface area contributed by atoms with Crippen molar-refractivity contribution < 1.29 is 5.11 Å². The number of halogens is 1. The summed E-state index contributed by atoms with van der Waals surface area (Å²) >= 11 is 2.44. The molecule has 1 rings (SSSR count). The van der Waals surface area contributed by atoms with Gasteiger partial charge in [0.2, 0.25) is 0 Å². The first-order chi connectivity index (χ1) is 6.88. The van der Waals surface area contributed by atoms with Crippen LogP contribution in [0.25, 0.3) is 0 Å². The monoisotopic (exact) mass is 306 g/mol. The summed E-state index contributed by atoms with van der Waals surface area (Å²) < 4.78 is 1.26. The maximum atomic E-state index is 8.82. The normalized spacial score (nSPS) is 25.6. The van der Waals surface area contributed by atoms with E-state index in [0.29, 0.717) is 6.61 Å². The van der Waals surface area contributed by atoms with Crippen molar-refractivity contribution in [2.75, 3.05) is 11.0 Å². The highest BCUT2D eigenvalue weighted by atomic mass is 127. The van der Waals surface area contributed by atoms with Crippen molar-refractivity contribution in [1.29, 1.82) is 0 Å². The van der Waals surface area contributed by atoms with Crippen LogP contribution in [0.3, 0.4) is 0 Å². The third kappa shape index (κ3) is 4.18. The van der Waals surface area contributed by atoms with Crippen LogP contribution in [0, 0.1) is 23.7 Å². The Morgan fingerprint density at radius 1 is 1.07 bits per heavy atom. The quantitative estimate of drug-likeness (QED) is 0.454. The van der Waals surface area contributed by atoms with Crippen LogP contribution < -0.4 is 0 Å². The van der Waals surface area contributed by atoms with Gasteiger partial charge >= 0.3 is 0 Å². The van der Waals surface area contributed by atoms with E-state index in [-0.39, 0.29) is 0 Å². The number of hydrogen-bond acceptors (Lipinski definition) is 1. The van der Waals surface area contributed by atoms with E-state index >= 15 is 0 Å².